The molecule has 0 aromatic heterocycles. The van der Waals surface area contributed by atoms with Crippen molar-refractivity contribution in [3.8, 4) is 6.07 Å². The van der Waals surface area contributed by atoms with Crippen molar-refractivity contribution >= 4 is 0 Å². The zero-order valence-electron chi connectivity index (χ0n) is 18.5. The van der Waals surface area contributed by atoms with Crippen molar-refractivity contribution in [1.29, 1.82) is 5.26 Å². The lowest BCUT2D eigenvalue weighted by Crippen LogP contribution is -2.38. The number of nitriles is 1. The maximum absolute atomic E-state index is 14.9. The molecular weight excluding hydrogens is 371 g/mol. The minimum atomic E-state index is -0.721. The summed E-state index contributed by atoms with van der Waals surface area (Å²) in [5.41, 5.74) is 1.19. The van der Waals surface area contributed by atoms with Crippen molar-refractivity contribution in [1.82, 2.24) is 4.90 Å². The highest BCUT2D eigenvalue weighted by molar-refractivity contribution is 5.35. The van der Waals surface area contributed by atoms with Crippen LogP contribution in [0.2, 0.25) is 0 Å². The Balaban J connectivity index is 1.77. The van der Waals surface area contributed by atoms with Crippen molar-refractivity contribution in [2.75, 3.05) is 6.54 Å². The van der Waals surface area contributed by atoms with E-state index in [1.807, 2.05) is 18.2 Å². The quantitative estimate of drug-likeness (QED) is 0.455. The minimum Gasteiger partial charge on any atom is -0.297 e. The first-order chi connectivity index (χ1) is 14.6. The number of benzene rings is 2. The average Bonchev–Trinajstić information content (AvgIpc) is 2.78. The fraction of sp³-hybridized carbons (Fsp3) is 0.519. The Morgan fingerprint density at radius 2 is 1.70 bits per heavy atom. The third-order valence-corrected chi connectivity index (χ3v) is 6.83. The van der Waals surface area contributed by atoms with E-state index in [0.29, 0.717) is 18.0 Å². The van der Waals surface area contributed by atoms with E-state index in [9.17, 15) is 9.65 Å². The van der Waals surface area contributed by atoms with Crippen molar-refractivity contribution in [3.63, 3.8) is 0 Å². The summed E-state index contributed by atoms with van der Waals surface area (Å²) in [6.07, 6.45) is 7.19. The molecule has 0 aliphatic heterocycles. The topological polar surface area (TPSA) is 27.0 Å². The van der Waals surface area contributed by atoms with Gasteiger partial charge in [-0.15, -0.1) is 0 Å². The molecule has 0 heterocycles. The Hall–Kier alpha value is -2.18. The molecule has 0 radical (unpaired) electrons. The first-order valence-electron chi connectivity index (χ1n) is 11.5. The van der Waals surface area contributed by atoms with Gasteiger partial charge in [0.15, 0.2) is 0 Å². The molecular formula is C27H35FN2. The van der Waals surface area contributed by atoms with E-state index >= 15 is 0 Å². The SMILES string of the molecule is CC(C)N(CCCC(C#N)(c1ccccc1F)C1CCCCC1)Cc1ccccc1. The first kappa shape index (κ1) is 22.5. The van der Waals surface area contributed by atoms with Gasteiger partial charge in [0.1, 0.15) is 5.82 Å². The Labute approximate surface area is 181 Å². The molecule has 0 amide bonds. The standard InChI is InChI=1S/C27H35FN2/c1-22(2)30(20-23-12-5-3-6-13-23)19-11-18-27(21-29,24-14-7-4-8-15-24)25-16-9-10-17-26(25)28/h3,5-6,9-10,12-13,16-17,22,24H,4,7-8,11,14-15,18-20H2,1-2H3. The number of rotatable bonds is 9. The summed E-state index contributed by atoms with van der Waals surface area (Å²) in [5, 5.41) is 10.4. The van der Waals surface area contributed by atoms with Gasteiger partial charge in [0, 0.05) is 18.2 Å². The third kappa shape index (κ3) is 5.29. The lowest BCUT2D eigenvalue weighted by molar-refractivity contribution is 0.185. The van der Waals surface area contributed by atoms with Crippen LogP contribution in [0.3, 0.4) is 0 Å². The molecule has 0 saturated heterocycles. The average molecular weight is 407 g/mol. The minimum absolute atomic E-state index is 0.227. The molecule has 160 valence electrons. The molecule has 0 N–H and O–H groups in total. The van der Waals surface area contributed by atoms with Crippen LogP contribution in [0.4, 0.5) is 4.39 Å². The van der Waals surface area contributed by atoms with E-state index in [1.54, 1.807) is 6.07 Å². The molecule has 2 nitrogen and oxygen atoms in total. The summed E-state index contributed by atoms with van der Waals surface area (Å²) < 4.78 is 14.9. The lowest BCUT2D eigenvalue weighted by atomic mass is 9.63. The lowest BCUT2D eigenvalue weighted by Gasteiger charge is -2.39. The fourth-order valence-corrected chi connectivity index (χ4v) is 5.08. The van der Waals surface area contributed by atoms with Gasteiger partial charge in [-0.3, -0.25) is 4.90 Å². The normalized spacial score (nSPS) is 17.1. The smallest absolute Gasteiger partial charge is 0.128 e. The van der Waals surface area contributed by atoms with Crippen LogP contribution in [0.25, 0.3) is 0 Å². The third-order valence-electron chi connectivity index (χ3n) is 6.83. The highest BCUT2D eigenvalue weighted by Gasteiger charge is 2.42. The van der Waals surface area contributed by atoms with E-state index in [4.69, 9.17) is 0 Å². The second kappa shape index (κ2) is 10.7. The zero-order chi connectivity index (χ0) is 21.4. The van der Waals surface area contributed by atoms with Crippen LogP contribution in [-0.4, -0.2) is 17.5 Å². The summed E-state index contributed by atoms with van der Waals surface area (Å²) in [5.74, 6) is 0.0180. The number of halogens is 1. The van der Waals surface area contributed by atoms with E-state index < -0.39 is 5.41 Å². The molecule has 1 unspecified atom stereocenters. The molecule has 2 aromatic rings. The predicted molar refractivity (Wildman–Crippen MR) is 121 cm³/mol. The van der Waals surface area contributed by atoms with Gasteiger partial charge in [0.05, 0.1) is 11.5 Å². The predicted octanol–water partition coefficient (Wildman–Crippen LogP) is 6.86. The van der Waals surface area contributed by atoms with Crippen LogP contribution in [0.1, 0.15) is 69.9 Å². The van der Waals surface area contributed by atoms with Crippen LogP contribution in [0, 0.1) is 23.1 Å². The zero-order valence-corrected chi connectivity index (χ0v) is 18.5. The molecule has 2 aromatic carbocycles. The second-order valence-electron chi connectivity index (χ2n) is 9.05. The van der Waals surface area contributed by atoms with Crippen molar-refractivity contribution in [2.45, 2.75) is 76.8 Å². The van der Waals surface area contributed by atoms with Crippen LogP contribution in [-0.2, 0) is 12.0 Å². The Morgan fingerprint density at radius 1 is 1.03 bits per heavy atom. The van der Waals surface area contributed by atoms with Crippen molar-refractivity contribution in [3.05, 3.63) is 71.5 Å². The van der Waals surface area contributed by atoms with E-state index in [-0.39, 0.29) is 11.7 Å². The molecule has 30 heavy (non-hydrogen) atoms. The molecule has 1 fully saturated rings. The second-order valence-corrected chi connectivity index (χ2v) is 9.05. The monoisotopic (exact) mass is 406 g/mol. The summed E-state index contributed by atoms with van der Waals surface area (Å²) in [7, 11) is 0. The van der Waals surface area contributed by atoms with Crippen LogP contribution >= 0.6 is 0 Å². The highest BCUT2D eigenvalue weighted by atomic mass is 19.1. The number of nitrogens with zero attached hydrogens (tertiary/aromatic N) is 2. The summed E-state index contributed by atoms with van der Waals surface area (Å²) in [4.78, 5) is 2.46. The molecule has 3 heteroatoms. The molecule has 3 rings (SSSR count). The van der Waals surface area contributed by atoms with Crippen LogP contribution in [0.15, 0.2) is 54.6 Å². The Kier molecular flexibility index (Phi) is 8.05. The molecule has 1 atom stereocenters. The van der Waals surface area contributed by atoms with Gasteiger partial charge in [0.2, 0.25) is 0 Å². The highest BCUT2D eigenvalue weighted by Crippen LogP contribution is 2.45. The molecule has 1 aliphatic rings. The number of hydrogen-bond acceptors (Lipinski definition) is 2. The van der Waals surface area contributed by atoms with Gasteiger partial charge < -0.3 is 0 Å². The van der Waals surface area contributed by atoms with E-state index in [0.717, 1.165) is 45.2 Å². The van der Waals surface area contributed by atoms with Crippen LogP contribution in [0.5, 0.6) is 0 Å². The van der Waals surface area contributed by atoms with Gasteiger partial charge in [-0.25, -0.2) is 4.39 Å². The largest absolute Gasteiger partial charge is 0.297 e. The maximum Gasteiger partial charge on any atom is 0.128 e. The van der Waals surface area contributed by atoms with Crippen LogP contribution < -0.4 is 0 Å². The maximum atomic E-state index is 14.9. The van der Waals surface area contributed by atoms with Crippen molar-refractivity contribution in [2.24, 2.45) is 5.92 Å². The molecule has 0 spiro atoms. The summed E-state index contributed by atoms with van der Waals surface area (Å²) in [6.45, 7) is 6.26. The molecule has 1 aliphatic carbocycles. The Morgan fingerprint density at radius 3 is 2.33 bits per heavy atom. The van der Waals surface area contributed by atoms with Crippen molar-refractivity contribution < 1.29 is 4.39 Å². The van der Waals surface area contributed by atoms with Gasteiger partial charge >= 0.3 is 0 Å². The van der Waals surface area contributed by atoms with Gasteiger partial charge in [-0.05, 0) is 63.6 Å². The van der Waals surface area contributed by atoms with Gasteiger partial charge in [-0.2, -0.15) is 5.26 Å². The first-order valence-corrected chi connectivity index (χ1v) is 11.5. The summed E-state index contributed by atoms with van der Waals surface area (Å²) >= 11 is 0. The van der Waals surface area contributed by atoms with E-state index in [2.05, 4.69) is 49.1 Å². The number of hydrogen-bond donors (Lipinski definition) is 0. The van der Waals surface area contributed by atoms with Gasteiger partial charge in [-0.1, -0.05) is 67.8 Å². The summed E-state index contributed by atoms with van der Waals surface area (Å²) in [6, 6.07) is 20.5. The Bertz CT molecular complexity index is 820. The van der Waals surface area contributed by atoms with Gasteiger partial charge in [0.25, 0.3) is 0 Å². The van der Waals surface area contributed by atoms with E-state index in [1.165, 1.54) is 18.1 Å². The fourth-order valence-electron chi connectivity index (χ4n) is 5.08. The molecule has 1 saturated carbocycles. The molecule has 0 bridgehead atoms.